The molecule has 0 aliphatic carbocycles. The van der Waals surface area contributed by atoms with Crippen molar-refractivity contribution in [3.8, 4) is 0 Å². The van der Waals surface area contributed by atoms with E-state index in [0.29, 0.717) is 0 Å². The van der Waals surface area contributed by atoms with Crippen molar-refractivity contribution in [2.75, 3.05) is 26.7 Å². The standard InChI is InChI=1S/C22H29N3O3/c1-23-25(22(27)28)21(11-15-26)19-9-13-24(14-10-19)12-8-17-6-7-18-4-2-3-5-20(18)16-17/h2-7,15-16,19,21,23H,8-14H2,1H3,(H,27,28). The van der Waals surface area contributed by atoms with Gasteiger partial charge in [0.1, 0.15) is 6.29 Å². The number of hydrogen-bond acceptors (Lipinski definition) is 4. The highest BCUT2D eigenvalue weighted by atomic mass is 16.4. The number of nitrogens with zero attached hydrogens (tertiary/aromatic N) is 2. The second-order valence-electron chi connectivity index (χ2n) is 7.46. The maximum atomic E-state index is 11.4. The first kappa shape index (κ1) is 20.3. The van der Waals surface area contributed by atoms with Gasteiger partial charge >= 0.3 is 6.09 Å². The van der Waals surface area contributed by atoms with Gasteiger partial charge in [-0.05, 0) is 54.6 Å². The Bertz CT molecular complexity index is 802. The van der Waals surface area contributed by atoms with E-state index in [1.807, 2.05) is 0 Å². The van der Waals surface area contributed by atoms with Crippen molar-refractivity contribution in [3.05, 3.63) is 48.0 Å². The maximum absolute atomic E-state index is 11.4. The Labute approximate surface area is 166 Å². The summed E-state index contributed by atoms with van der Waals surface area (Å²) < 4.78 is 0. The molecule has 1 fully saturated rings. The number of carbonyl (C=O) groups is 2. The molecule has 2 aromatic carbocycles. The fourth-order valence-electron chi connectivity index (χ4n) is 4.25. The Morgan fingerprint density at radius 1 is 1.25 bits per heavy atom. The van der Waals surface area contributed by atoms with E-state index in [0.717, 1.165) is 45.2 Å². The number of rotatable bonds is 8. The van der Waals surface area contributed by atoms with Crippen LogP contribution in [-0.4, -0.2) is 60.1 Å². The third kappa shape index (κ3) is 4.88. The van der Waals surface area contributed by atoms with Crippen molar-refractivity contribution in [1.82, 2.24) is 15.3 Å². The van der Waals surface area contributed by atoms with Gasteiger partial charge in [0.05, 0.1) is 6.04 Å². The topological polar surface area (TPSA) is 72.9 Å². The van der Waals surface area contributed by atoms with Crippen LogP contribution in [0.3, 0.4) is 0 Å². The third-order valence-corrected chi connectivity index (χ3v) is 5.82. The summed E-state index contributed by atoms with van der Waals surface area (Å²) >= 11 is 0. The number of fused-ring (bicyclic) bond motifs is 1. The van der Waals surface area contributed by atoms with Crippen molar-refractivity contribution < 1.29 is 14.7 Å². The number of aldehydes is 1. The minimum Gasteiger partial charge on any atom is -0.464 e. The molecule has 1 atom stereocenters. The quantitative estimate of drug-likeness (QED) is 0.541. The number of carbonyl (C=O) groups excluding carboxylic acids is 1. The van der Waals surface area contributed by atoms with Crippen molar-refractivity contribution in [2.45, 2.75) is 31.7 Å². The van der Waals surface area contributed by atoms with E-state index in [-0.39, 0.29) is 18.4 Å². The fourth-order valence-corrected chi connectivity index (χ4v) is 4.25. The molecule has 2 aromatic rings. The normalized spacial score (nSPS) is 16.8. The van der Waals surface area contributed by atoms with Crippen LogP contribution in [0.25, 0.3) is 10.8 Å². The lowest BCUT2D eigenvalue weighted by molar-refractivity contribution is -0.109. The van der Waals surface area contributed by atoms with Gasteiger partial charge in [0.15, 0.2) is 0 Å². The Morgan fingerprint density at radius 2 is 1.96 bits per heavy atom. The molecule has 28 heavy (non-hydrogen) atoms. The van der Waals surface area contributed by atoms with Gasteiger partial charge in [-0.2, -0.15) is 0 Å². The summed E-state index contributed by atoms with van der Waals surface area (Å²) in [5.74, 6) is 0.200. The zero-order chi connectivity index (χ0) is 19.9. The number of benzene rings is 2. The van der Waals surface area contributed by atoms with Crippen LogP contribution in [0.15, 0.2) is 42.5 Å². The van der Waals surface area contributed by atoms with Gasteiger partial charge in [-0.15, -0.1) is 0 Å². The molecule has 1 heterocycles. The van der Waals surface area contributed by atoms with Crippen LogP contribution in [0.4, 0.5) is 4.79 Å². The van der Waals surface area contributed by atoms with Crippen molar-refractivity contribution in [2.24, 2.45) is 5.92 Å². The first-order valence-electron chi connectivity index (χ1n) is 9.95. The molecule has 6 nitrogen and oxygen atoms in total. The lowest BCUT2D eigenvalue weighted by Crippen LogP contribution is -2.52. The Balaban J connectivity index is 1.53. The molecule has 0 radical (unpaired) electrons. The maximum Gasteiger partial charge on any atom is 0.422 e. The monoisotopic (exact) mass is 383 g/mol. The number of hydrazine groups is 1. The molecule has 1 aliphatic rings. The highest BCUT2D eigenvalue weighted by Gasteiger charge is 2.32. The number of nitrogens with one attached hydrogen (secondary N) is 1. The minimum absolute atomic E-state index is 0.200. The number of likely N-dealkylation sites (tertiary alicyclic amines) is 1. The lowest BCUT2D eigenvalue weighted by Gasteiger charge is -2.39. The van der Waals surface area contributed by atoms with E-state index < -0.39 is 6.09 Å². The number of hydrogen-bond donors (Lipinski definition) is 2. The number of piperidine rings is 1. The summed E-state index contributed by atoms with van der Waals surface area (Å²) in [6.45, 7) is 2.87. The molecule has 0 bridgehead atoms. The van der Waals surface area contributed by atoms with Gasteiger partial charge in [-0.3, -0.25) is 0 Å². The van der Waals surface area contributed by atoms with Crippen LogP contribution in [0.1, 0.15) is 24.8 Å². The van der Waals surface area contributed by atoms with E-state index in [9.17, 15) is 14.7 Å². The molecule has 0 aromatic heterocycles. The van der Waals surface area contributed by atoms with Crippen molar-refractivity contribution in [3.63, 3.8) is 0 Å². The van der Waals surface area contributed by atoms with Gasteiger partial charge in [0.25, 0.3) is 0 Å². The van der Waals surface area contributed by atoms with Gasteiger partial charge in [-0.1, -0.05) is 42.5 Å². The fraction of sp³-hybridized carbons (Fsp3) is 0.455. The van der Waals surface area contributed by atoms with Crippen molar-refractivity contribution >= 4 is 23.2 Å². The summed E-state index contributed by atoms with van der Waals surface area (Å²) in [6, 6.07) is 14.7. The molecule has 0 spiro atoms. The van der Waals surface area contributed by atoms with E-state index in [2.05, 4.69) is 52.8 Å². The summed E-state index contributed by atoms with van der Waals surface area (Å²) in [4.78, 5) is 24.9. The summed E-state index contributed by atoms with van der Waals surface area (Å²) in [5, 5.41) is 13.1. The molecule has 1 saturated heterocycles. The average Bonchev–Trinajstić information content (AvgIpc) is 2.72. The van der Waals surface area contributed by atoms with Gasteiger partial charge in [0.2, 0.25) is 0 Å². The van der Waals surface area contributed by atoms with Crippen LogP contribution < -0.4 is 5.43 Å². The third-order valence-electron chi connectivity index (χ3n) is 5.82. The molecule has 1 aliphatic heterocycles. The molecular formula is C22H29N3O3. The molecular weight excluding hydrogens is 354 g/mol. The Morgan fingerprint density at radius 3 is 2.61 bits per heavy atom. The molecule has 6 heteroatoms. The molecule has 3 rings (SSSR count). The van der Waals surface area contributed by atoms with E-state index >= 15 is 0 Å². The summed E-state index contributed by atoms with van der Waals surface area (Å²) in [7, 11) is 1.59. The predicted octanol–water partition coefficient (Wildman–Crippen LogP) is 3.17. The summed E-state index contributed by atoms with van der Waals surface area (Å²) in [5.41, 5.74) is 4.06. The van der Waals surface area contributed by atoms with Crippen LogP contribution in [0.2, 0.25) is 0 Å². The first-order chi connectivity index (χ1) is 13.6. The highest BCUT2D eigenvalue weighted by molar-refractivity contribution is 5.82. The predicted molar refractivity (Wildman–Crippen MR) is 110 cm³/mol. The van der Waals surface area contributed by atoms with Gasteiger partial charge in [0, 0.05) is 20.0 Å². The second-order valence-corrected chi connectivity index (χ2v) is 7.46. The first-order valence-corrected chi connectivity index (χ1v) is 9.95. The van der Waals surface area contributed by atoms with Crippen molar-refractivity contribution in [1.29, 1.82) is 0 Å². The van der Waals surface area contributed by atoms with Crippen LogP contribution >= 0.6 is 0 Å². The highest BCUT2D eigenvalue weighted by Crippen LogP contribution is 2.25. The lowest BCUT2D eigenvalue weighted by atomic mass is 9.87. The van der Waals surface area contributed by atoms with E-state index in [4.69, 9.17) is 0 Å². The zero-order valence-electron chi connectivity index (χ0n) is 16.4. The van der Waals surface area contributed by atoms with Gasteiger partial charge in [-0.25, -0.2) is 15.2 Å². The van der Waals surface area contributed by atoms with Crippen LogP contribution in [0, 0.1) is 5.92 Å². The van der Waals surface area contributed by atoms with E-state index in [1.165, 1.54) is 21.3 Å². The molecule has 2 N–H and O–H groups in total. The average molecular weight is 383 g/mol. The zero-order valence-corrected chi connectivity index (χ0v) is 16.4. The molecule has 150 valence electrons. The van der Waals surface area contributed by atoms with E-state index in [1.54, 1.807) is 7.05 Å². The second kappa shape index (κ2) is 9.66. The summed E-state index contributed by atoms with van der Waals surface area (Å²) in [6.07, 6.45) is 2.83. The molecule has 0 saturated carbocycles. The van der Waals surface area contributed by atoms with Gasteiger partial charge < -0.3 is 14.8 Å². The smallest absolute Gasteiger partial charge is 0.422 e. The molecule has 1 unspecified atom stereocenters. The van der Waals surface area contributed by atoms with Crippen LogP contribution in [0.5, 0.6) is 0 Å². The largest absolute Gasteiger partial charge is 0.464 e. The van der Waals surface area contributed by atoms with Crippen LogP contribution in [-0.2, 0) is 11.2 Å². The Hall–Kier alpha value is -2.44. The molecule has 1 amide bonds. The number of amides is 1. The SMILES string of the molecule is CNN(C(=O)O)C(CC=O)C1CCN(CCc2ccc3ccccc3c2)CC1. The Kier molecular flexibility index (Phi) is 7.01. The minimum atomic E-state index is -1.03. The number of carboxylic acid groups (broad SMARTS) is 1.